The van der Waals surface area contributed by atoms with Crippen LogP contribution in [0.5, 0.6) is 11.5 Å². The minimum Gasteiger partial charge on any atom is -0.508 e. The van der Waals surface area contributed by atoms with E-state index in [2.05, 4.69) is 9.98 Å². The summed E-state index contributed by atoms with van der Waals surface area (Å²) in [5.41, 5.74) is 0.460. The minimum absolute atomic E-state index is 0.0327. The maximum Gasteiger partial charge on any atom is 0.341 e. The van der Waals surface area contributed by atoms with E-state index in [4.69, 9.17) is 19.7 Å². The molecule has 0 aromatic heterocycles. The molecule has 33 heavy (non-hydrogen) atoms. The van der Waals surface area contributed by atoms with E-state index in [1.54, 1.807) is 0 Å². The maximum atomic E-state index is 11.6. The number of hydrogen-bond donors (Lipinski definition) is 2. The number of rotatable bonds is 11. The lowest BCUT2D eigenvalue weighted by atomic mass is 10.2. The summed E-state index contributed by atoms with van der Waals surface area (Å²) < 4.78 is 9.54. The second kappa shape index (κ2) is 16.4. The summed E-state index contributed by atoms with van der Waals surface area (Å²) in [5.74, 6) is -1.28. The molecule has 2 aromatic rings. The Morgan fingerprint density at radius 1 is 0.667 bits per heavy atom. The number of phenolic OH excluding ortho intramolecular Hbond substituents is 2. The molecule has 0 radical (unpaired) electrons. The lowest BCUT2D eigenvalue weighted by Gasteiger charge is -2.06. The van der Waals surface area contributed by atoms with E-state index in [0.29, 0.717) is 13.1 Å². The number of aliphatic imine (C=N–C) groups is 2. The van der Waals surface area contributed by atoms with Crippen LogP contribution in [0, 0.1) is 0 Å². The highest BCUT2D eigenvalue weighted by molar-refractivity contribution is 5.90. The zero-order valence-corrected chi connectivity index (χ0v) is 17.8. The molecule has 2 rings (SSSR count). The van der Waals surface area contributed by atoms with Crippen molar-refractivity contribution >= 4 is 24.1 Å². The number of isocyanates is 2. The van der Waals surface area contributed by atoms with Gasteiger partial charge < -0.3 is 19.7 Å². The van der Waals surface area contributed by atoms with Crippen LogP contribution in [-0.4, -0.2) is 54.2 Å². The van der Waals surface area contributed by atoms with Gasteiger partial charge >= 0.3 is 11.9 Å². The number of phenols is 2. The Morgan fingerprint density at radius 2 is 1.03 bits per heavy atom. The molecule has 10 nitrogen and oxygen atoms in total. The smallest absolute Gasteiger partial charge is 0.341 e. The molecule has 2 aromatic carbocycles. The zero-order valence-electron chi connectivity index (χ0n) is 17.8. The van der Waals surface area contributed by atoms with Gasteiger partial charge in [-0.25, -0.2) is 29.2 Å². The first-order valence-corrected chi connectivity index (χ1v) is 9.97. The van der Waals surface area contributed by atoms with Crippen LogP contribution in [0.3, 0.4) is 0 Å². The predicted molar refractivity (Wildman–Crippen MR) is 116 cm³/mol. The van der Waals surface area contributed by atoms with Crippen molar-refractivity contribution in [3.63, 3.8) is 0 Å². The molecule has 10 heteroatoms. The van der Waals surface area contributed by atoms with Gasteiger partial charge in [0, 0.05) is 0 Å². The van der Waals surface area contributed by atoms with Gasteiger partial charge in [-0.05, 0) is 61.4 Å². The number of ether oxygens (including phenoxy) is 2. The Kier molecular flexibility index (Phi) is 13.3. The molecule has 0 aliphatic heterocycles. The number of unbranched alkanes of at least 4 members (excludes halogenated alkanes) is 3. The topological polar surface area (TPSA) is 152 Å². The van der Waals surface area contributed by atoms with Gasteiger partial charge in [-0.3, -0.25) is 0 Å². The molecule has 0 atom stereocenters. The normalized spacial score (nSPS) is 9.33. The van der Waals surface area contributed by atoms with Crippen LogP contribution >= 0.6 is 0 Å². The minimum atomic E-state index is -0.673. The number of nitrogens with zero attached hydrogens (tertiary/aromatic N) is 2. The summed E-state index contributed by atoms with van der Waals surface area (Å²) in [4.78, 5) is 49.3. The molecule has 174 valence electrons. The summed E-state index contributed by atoms with van der Waals surface area (Å²) in [5, 5.41) is 18.2. The van der Waals surface area contributed by atoms with E-state index in [-0.39, 0.29) is 22.6 Å². The van der Waals surface area contributed by atoms with Crippen LogP contribution < -0.4 is 0 Å². The number of aromatic hydroxyl groups is 2. The third-order valence-corrected chi connectivity index (χ3v) is 4.00. The first kappa shape index (κ1) is 26.8. The van der Waals surface area contributed by atoms with Crippen molar-refractivity contribution in [1.82, 2.24) is 0 Å². The predicted octanol–water partition coefficient (Wildman–Crippen LogP) is 3.29. The van der Waals surface area contributed by atoms with Crippen molar-refractivity contribution < 1.29 is 38.9 Å². The average molecular weight is 456 g/mol. The molecular formula is C23H24N2O8. The SMILES string of the molecule is O=C(OCOC(=O)c1ccc(O)cc1)c1ccc(O)cc1.O=C=NCCCCCCN=C=O. The maximum absolute atomic E-state index is 11.6. The Hall–Kier alpha value is -4.26. The highest BCUT2D eigenvalue weighted by atomic mass is 16.7. The Morgan fingerprint density at radius 3 is 1.36 bits per heavy atom. The van der Waals surface area contributed by atoms with Crippen LogP contribution in [-0.2, 0) is 19.1 Å². The molecule has 0 amide bonds. The number of benzene rings is 2. The van der Waals surface area contributed by atoms with E-state index in [1.165, 1.54) is 60.7 Å². The third-order valence-electron chi connectivity index (χ3n) is 4.00. The lowest BCUT2D eigenvalue weighted by molar-refractivity contribution is -0.0167. The van der Waals surface area contributed by atoms with Crippen molar-refractivity contribution in [2.24, 2.45) is 9.98 Å². The summed E-state index contributed by atoms with van der Waals surface area (Å²) in [6, 6.07) is 10.9. The number of esters is 2. The highest BCUT2D eigenvalue weighted by Crippen LogP contribution is 2.12. The highest BCUT2D eigenvalue weighted by Gasteiger charge is 2.10. The van der Waals surface area contributed by atoms with E-state index in [9.17, 15) is 19.2 Å². The molecule has 2 N–H and O–H groups in total. The molecule has 0 saturated heterocycles. The molecule has 0 unspecified atom stereocenters. The van der Waals surface area contributed by atoms with Crippen LogP contribution in [0.1, 0.15) is 46.4 Å². The fourth-order valence-corrected chi connectivity index (χ4v) is 2.32. The van der Waals surface area contributed by atoms with Crippen LogP contribution in [0.2, 0.25) is 0 Å². The van der Waals surface area contributed by atoms with E-state index >= 15 is 0 Å². The van der Waals surface area contributed by atoms with Crippen molar-refractivity contribution in [2.45, 2.75) is 25.7 Å². The van der Waals surface area contributed by atoms with Crippen molar-refractivity contribution in [2.75, 3.05) is 19.9 Å². The van der Waals surface area contributed by atoms with E-state index < -0.39 is 18.7 Å². The van der Waals surface area contributed by atoms with Gasteiger partial charge in [-0.1, -0.05) is 12.8 Å². The fraction of sp³-hybridized carbons (Fsp3) is 0.304. The van der Waals surface area contributed by atoms with Crippen LogP contribution in [0.25, 0.3) is 0 Å². The monoisotopic (exact) mass is 456 g/mol. The molecule has 0 saturated carbocycles. The largest absolute Gasteiger partial charge is 0.508 e. The Balaban J connectivity index is 0.000000389. The molecule has 0 fully saturated rings. The van der Waals surface area contributed by atoms with Crippen molar-refractivity contribution in [3.05, 3.63) is 59.7 Å². The summed E-state index contributed by atoms with van der Waals surface area (Å²) in [6.07, 6.45) is 6.80. The van der Waals surface area contributed by atoms with Gasteiger partial charge in [0.05, 0.1) is 24.2 Å². The standard InChI is InChI=1S/C15H12O6.C8H12N2O2/c16-12-5-1-10(2-6-12)14(18)20-9-21-15(19)11-3-7-13(17)8-4-11;11-7-9-5-3-1-2-4-6-10-8-12/h1-8,16-17H,9H2;1-6H2. The van der Waals surface area contributed by atoms with Crippen LogP contribution in [0.15, 0.2) is 58.5 Å². The summed E-state index contributed by atoms with van der Waals surface area (Å²) in [6.45, 7) is 0.584. The molecule has 0 heterocycles. The molecular weight excluding hydrogens is 432 g/mol. The first-order valence-electron chi connectivity index (χ1n) is 9.97. The van der Waals surface area contributed by atoms with Gasteiger partial charge in [-0.15, -0.1) is 0 Å². The first-order chi connectivity index (χ1) is 16.0. The second-order valence-corrected chi connectivity index (χ2v) is 6.44. The van der Waals surface area contributed by atoms with Crippen LogP contribution in [0.4, 0.5) is 0 Å². The zero-order chi connectivity index (χ0) is 24.3. The lowest BCUT2D eigenvalue weighted by Crippen LogP contribution is -2.13. The number of carbonyl (C=O) groups is 2. The summed E-state index contributed by atoms with van der Waals surface area (Å²) in [7, 11) is 0. The van der Waals surface area contributed by atoms with Gasteiger partial charge in [0.15, 0.2) is 0 Å². The molecule has 0 spiro atoms. The van der Waals surface area contributed by atoms with Gasteiger partial charge in [-0.2, -0.15) is 0 Å². The molecule has 0 aliphatic rings. The quantitative estimate of drug-likeness (QED) is 0.172. The fourth-order valence-electron chi connectivity index (χ4n) is 2.32. The summed E-state index contributed by atoms with van der Waals surface area (Å²) >= 11 is 0. The Labute approximate surface area is 190 Å². The Bertz CT molecular complexity index is 881. The van der Waals surface area contributed by atoms with Crippen molar-refractivity contribution in [3.8, 4) is 11.5 Å². The van der Waals surface area contributed by atoms with Gasteiger partial charge in [0.2, 0.25) is 19.0 Å². The van der Waals surface area contributed by atoms with Gasteiger partial charge in [0.1, 0.15) is 11.5 Å². The van der Waals surface area contributed by atoms with Gasteiger partial charge in [0.25, 0.3) is 0 Å². The average Bonchev–Trinajstić information content (AvgIpc) is 2.82. The second-order valence-electron chi connectivity index (χ2n) is 6.44. The molecule has 0 aliphatic carbocycles. The third kappa shape index (κ3) is 12.2. The van der Waals surface area contributed by atoms with Crippen molar-refractivity contribution in [1.29, 1.82) is 0 Å². The van der Waals surface area contributed by atoms with E-state index in [1.807, 2.05) is 0 Å². The molecule has 0 bridgehead atoms. The van der Waals surface area contributed by atoms with E-state index in [0.717, 1.165) is 25.7 Å². The number of hydrogen-bond acceptors (Lipinski definition) is 10. The number of carbonyl (C=O) groups excluding carboxylic acids is 4.